The summed E-state index contributed by atoms with van der Waals surface area (Å²) in [6.07, 6.45) is 6.60. The van der Waals surface area contributed by atoms with Crippen molar-refractivity contribution in [3.8, 4) is 0 Å². The summed E-state index contributed by atoms with van der Waals surface area (Å²) in [5.74, 6) is 0.683. The maximum Gasteiger partial charge on any atom is 0.0438 e. The molecular weight excluding hydrogens is 256 g/mol. The number of anilines is 1. The first-order valence-electron chi connectivity index (χ1n) is 8.74. The van der Waals surface area contributed by atoms with E-state index >= 15 is 0 Å². The molecule has 1 saturated carbocycles. The molecule has 21 heavy (non-hydrogen) atoms. The smallest absolute Gasteiger partial charge is 0.0438 e. The molecule has 0 radical (unpaired) electrons. The SMILES string of the molecule is CCc1ccc(N2CC3(CCCC3)NCC2C(C)C)cc1. The standard InChI is InChI=1S/C19H30N2/c1-4-16-7-9-17(10-8-16)21-14-19(11-5-6-12-19)20-13-18(21)15(2)3/h7-10,15,18,20H,4-6,11-14H2,1-3H3. The van der Waals surface area contributed by atoms with Crippen LogP contribution in [-0.2, 0) is 6.42 Å². The van der Waals surface area contributed by atoms with Gasteiger partial charge in [-0.05, 0) is 42.9 Å². The molecule has 0 bridgehead atoms. The van der Waals surface area contributed by atoms with Gasteiger partial charge in [0.15, 0.2) is 0 Å². The molecular formula is C19H30N2. The van der Waals surface area contributed by atoms with Gasteiger partial charge in [0.25, 0.3) is 0 Å². The van der Waals surface area contributed by atoms with Crippen LogP contribution in [-0.4, -0.2) is 24.7 Å². The molecule has 2 nitrogen and oxygen atoms in total. The van der Waals surface area contributed by atoms with E-state index in [1.807, 2.05) is 0 Å². The zero-order valence-corrected chi connectivity index (χ0v) is 13.9. The molecule has 1 aromatic rings. The molecule has 1 aliphatic heterocycles. The van der Waals surface area contributed by atoms with Crippen molar-refractivity contribution in [2.45, 2.75) is 64.5 Å². The number of nitrogens with one attached hydrogen (secondary N) is 1. The van der Waals surface area contributed by atoms with Crippen molar-refractivity contribution in [3.05, 3.63) is 29.8 Å². The minimum Gasteiger partial charge on any atom is -0.365 e. The molecule has 3 rings (SSSR count). The highest BCUT2D eigenvalue weighted by Crippen LogP contribution is 2.36. The van der Waals surface area contributed by atoms with Gasteiger partial charge in [-0.3, -0.25) is 0 Å². The summed E-state index contributed by atoms with van der Waals surface area (Å²) in [5, 5.41) is 3.91. The highest BCUT2D eigenvalue weighted by atomic mass is 15.3. The maximum atomic E-state index is 3.91. The van der Waals surface area contributed by atoms with E-state index in [1.165, 1.54) is 43.5 Å². The number of piperazine rings is 1. The number of hydrogen-bond donors (Lipinski definition) is 1. The van der Waals surface area contributed by atoms with E-state index in [-0.39, 0.29) is 0 Å². The highest BCUT2D eigenvalue weighted by molar-refractivity contribution is 5.50. The van der Waals surface area contributed by atoms with Crippen LogP contribution in [0, 0.1) is 5.92 Å². The van der Waals surface area contributed by atoms with E-state index in [0.717, 1.165) is 13.0 Å². The molecule has 2 fully saturated rings. The lowest BCUT2D eigenvalue weighted by molar-refractivity contribution is 0.245. The second-order valence-electron chi connectivity index (χ2n) is 7.33. The van der Waals surface area contributed by atoms with E-state index in [2.05, 4.69) is 55.3 Å². The summed E-state index contributed by atoms with van der Waals surface area (Å²) in [6.45, 7) is 9.25. The molecule has 1 heterocycles. The number of rotatable bonds is 3. The molecule has 1 aromatic carbocycles. The first-order valence-corrected chi connectivity index (χ1v) is 8.74. The molecule has 2 aliphatic rings. The fourth-order valence-electron chi connectivity index (χ4n) is 4.12. The van der Waals surface area contributed by atoms with E-state index in [4.69, 9.17) is 0 Å². The van der Waals surface area contributed by atoms with Gasteiger partial charge in [0.2, 0.25) is 0 Å². The summed E-state index contributed by atoms with van der Waals surface area (Å²) in [6, 6.07) is 9.89. The molecule has 1 N–H and O–H groups in total. The normalized spacial score (nSPS) is 25.0. The van der Waals surface area contributed by atoms with Gasteiger partial charge in [-0.25, -0.2) is 0 Å². The quantitative estimate of drug-likeness (QED) is 0.903. The van der Waals surface area contributed by atoms with Crippen molar-refractivity contribution in [1.82, 2.24) is 5.32 Å². The summed E-state index contributed by atoms with van der Waals surface area (Å²) in [7, 11) is 0. The van der Waals surface area contributed by atoms with Crippen LogP contribution in [0.2, 0.25) is 0 Å². The molecule has 1 aliphatic carbocycles. The van der Waals surface area contributed by atoms with Crippen LogP contribution in [0.1, 0.15) is 52.0 Å². The summed E-state index contributed by atoms with van der Waals surface area (Å²) in [5.41, 5.74) is 3.23. The molecule has 2 heteroatoms. The van der Waals surface area contributed by atoms with Gasteiger partial charge in [-0.2, -0.15) is 0 Å². The highest BCUT2D eigenvalue weighted by Gasteiger charge is 2.41. The van der Waals surface area contributed by atoms with Crippen molar-refractivity contribution >= 4 is 5.69 Å². The number of aryl methyl sites for hydroxylation is 1. The minimum atomic E-state index is 0.384. The Hall–Kier alpha value is -1.02. The fourth-order valence-corrected chi connectivity index (χ4v) is 4.12. The van der Waals surface area contributed by atoms with E-state index < -0.39 is 0 Å². The van der Waals surface area contributed by atoms with Crippen LogP contribution in [0.4, 0.5) is 5.69 Å². The van der Waals surface area contributed by atoms with Crippen molar-refractivity contribution in [2.75, 3.05) is 18.0 Å². The largest absolute Gasteiger partial charge is 0.365 e. The Bertz CT molecular complexity index is 457. The zero-order valence-electron chi connectivity index (χ0n) is 13.9. The zero-order chi connectivity index (χ0) is 14.9. The second-order valence-corrected chi connectivity index (χ2v) is 7.33. The second kappa shape index (κ2) is 6.00. The Labute approximate surface area is 129 Å². The Morgan fingerprint density at radius 2 is 1.86 bits per heavy atom. The monoisotopic (exact) mass is 286 g/mol. The molecule has 116 valence electrons. The maximum absolute atomic E-state index is 3.91. The molecule has 1 spiro atoms. The molecule has 0 amide bonds. The van der Waals surface area contributed by atoms with Gasteiger partial charge in [-0.1, -0.05) is 45.7 Å². The Morgan fingerprint density at radius 3 is 2.43 bits per heavy atom. The third kappa shape index (κ3) is 2.96. The predicted octanol–water partition coefficient (Wildman–Crippen LogP) is 4.00. The topological polar surface area (TPSA) is 15.3 Å². The lowest BCUT2D eigenvalue weighted by Crippen LogP contribution is -2.64. The summed E-state index contributed by atoms with van der Waals surface area (Å²) >= 11 is 0. The van der Waals surface area contributed by atoms with E-state index in [1.54, 1.807) is 0 Å². The van der Waals surface area contributed by atoms with Gasteiger partial charge in [0.05, 0.1) is 0 Å². The van der Waals surface area contributed by atoms with E-state index in [9.17, 15) is 0 Å². The third-order valence-corrected chi connectivity index (χ3v) is 5.57. The first-order chi connectivity index (χ1) is 10.1. The average Bonchev–Trinajstić information content (AvgIpc) is 2.95. The first kappa shape index (κ1) is 14.9. The van der Waals surface area contributed by atoms with Gasteiger partial charge in [0.1, 0.15) is 0 Å². The lowest BCUT2D eigenvalue weighted by atomic mass is 9.88. The third-order valence-electron chi connectivity index (χ3n) is 5.57. The van der Waals surface area contributed by atoms with Crippen molar-refractivity contribution < 1.29 is 0 Å². The number of hydrogen-bond acceptors (Lipinski definition) is 2. The number of nitrogens with zero attached hydrogens (tertiary/aromatic N) is 1. The average molecular weight is 286 g/mol. The summed E-state index contributed by atoms with van der Waals surface area (Å²) < 4.78 is 0. The molecule has 1 saturated heterocycles. The molecule has 1 atom stereocenters. The van der Waals surface area contributed by atoms with Crippen molar-refractivity contribution in [2.24, 2.45) is 5.92 Å². The van der Waals surface area contributed by atoms with Crippen molar-refractivity contribution in [3.63, 3.8) is 0 Å². The predicted molar refractivity (Wildman–Crippen MR) is 91.0 cm³/mol. The Kier molecular flexibility index (Phi) is 4.26. The van der Waals surface area contributed by atoms with Gasteiger partial charge in [0, 0.05) is 30.4 Å². The van der Waals surface area contributed by atoms with Crippen LogP contribution in [0.5, 0.6) is 0 Å². The Morgan fingerprint density at radius 1 is 1.19 bits per heavy atom. The van der Waals surface area contributed by atoms with Crippen LogP contribution in [0.15, 0.2) is 24.3 Å². The van der Waals surface area contributed by atoms with Crippen LogP contribution in [0.25, 0.3) is 0 Å². The number of benzene rings is 1. The van der Waals surface area contributed by atoms with Crippen LogP contribution in [0.3, 0.4) is 0 Å². The van der Waals surface area contributed by atoms with Gasteiger partial charge in [-0.15, -0.1) is 0 Å². The molecule has 1 unspecified atom stereocenters. The van der Waals surface area contributed by atoms with E-state index in [0.29, 0.717) is 17.5 Å². The van der Waals surface area contributed by atoms with Crippen molar-refractivity contribution in [1.29, 1.82) is 0 Å². The Balaban J connectivity index is 1.85. The van der Waals surface area contributed by atoms with Crippen LogP contribution >= 0.6 is 0 Å². The van der Waals surface area contributed by atoms with Gasteiger partial charge >= 0.3 is 0 Å². The summed E-state index contributed by atoms with van der Waals surface area (Å²) in [4.78, 5) is 2.69. The van der Waals surface area contributed by atoms with Crippen LogP contribution < -0.4 is 10.2 Å². The fraction of sp³-hybridized carbons (Fsp3) is 0.684. The molecule has 0 aromatic heterocycles. The van der Waals surface area contributed by atoms with Gasteiger partial charge < -0.3 is 10.2 Å². The lowest BCUT2D eigenvalue weighted by Gasteiger charge is -2.49. The minimum absolute atomic E-state index is 0.384.